The summed E-state index contributed by atoms with van der Waals surface area (Å²) >= 11 is 0. The summed E-state index contributed by atoms with van der Waals surface area (Å²) in [5, 5.41) is 3.49. The Bertz CT molecular complexity index is 559. The van der Waals surface area contributed by atoms with E-state index in [1.165, 1.54) is 18.4 Å². The minimum Gasteiger partial charge on any atom is -0.443 e. The largest absolute Gasteiger partial charge is 0.443 e. The molecule has 0 unspecified atom stereocenters. The predicted molar refractivity (Wildman–Crippen MR) is 89.6 cm³/mol. The van der Waals surface area contributed by atoms with Crippen LogP contribution in [-0.4, -0.2) is 24.8 Å². The molecule has 4 nitrogen and oxygen atoms in total. The summed E-state index contributed by atoms with van der Waals surface area (Å²) in [6.07, 6.45) is 4.44. The van der Waals surface area contributed by atoms with E-state index in [2.05, 4.69) is 23.5 Å². The van der Waals surface area contributed by atoms with E-state index >= 15 is 0 Å². The number of carbonyl (C=O) groups excluding carboxylic acids is 1. The first kappa shape index (κ1) is 15.2. The molecule has 1 aliphatic carbocycles. The fourth-order valence-electron chi connectivity index (χ4n) is 2.78. The normalized spacial score (nSPS) is 17.9. The van der Waals surface area contributed by atoms with Gasteiger partial charge in [0.05, 0.1) is 5.69 Å². The second-order valence-corrected chi connectivity index (χ2v) is 7.40. The van der Waals surface area contributed by atoms with Crippen LogP contribution in [0.5, 0.6) is 0 Å². The van der Waals surface area contributed by atoms with Gasteiger partial charge in [0.1, 0.15) is 5.60 Å². The molecule has 22 heavy (non-hydrogen) atoms. The average Bonchev–Trinajstić information content (AvgIpc) is 3.26. The second-order valence-electron chi connectivity index (χ2n) is 7.40. The van der Waals surface area contributed by atoms with Crippen LogP contribution >= 0.6 is 0 Å². The lowest BCUT2D eigenvalue weighted by molar-refractivity contribution is 0.0578. The van der Waals surface area contributed by atoms with Gasteiger partial charge in [-0.3, -0.25) is 4.90 Å². The van der Waals surface area contributed by atoms with Crippen LogP contribution in [0.2, 0.25) is 0 Å². The molecule has 1 saturated carbocycles. The molecule has 0 saturated heterocycles. The first-order valence-electron chi connectivity index (χ1n) is 8.30. The standard InChI is InChI=1S/C18H26N2O2/c1-18(2,3)22-17(21)20-10-4-5-14-8-9-15(11-16(14)20)19-12-13-6-7-13/h8-9,11,13,19H,4-7,10,12H2,1-3H3. The van der Waals surface area contributed by atoms with Gasteiger partial charge in [-0.15, -0.1) is 0 Å². The number of nitrogens with zero attached hydrogens (tertiary/aromatic N) is 1. The lowest BCUT2D eigenvalue weighted by atomic mass is 10.0. The number of carbonyl (C=O) groups is 1. The highest BCUT2D eigenvalue weighted by Crippen LogP contribution is 2.33. The molecule has 1 heterocycles. The molecule has 4 heteroatoms. The molecular weight excluding hydrogens is 276 g/mol. The maximum Gasteiger partial charge on any atom is 0.414 e. The Kier molecular flexibility index (Phi) is 4.02. The SMILES string of the molecule is CC(C)(C)OC(=O)N1CCCc2ccc(NCC3CC3)cc21. The molecule has 1 amide bonds. The molecule has 0 atom stereocenters. The van der Waals surface area contributed by atoms with Crippen LogP contribution in [0.3, 0.4) is 0 Å². The molecule has 3 rings (SSSR count). The van der Waals surface area contributed by atoms with Crippen LogP contribution in [0.4, 0.5) is 16.2 Å². The van der Waals surface area contributed by atoms with Gasteiger partial charge in [0.2, 0.25) is 0 Å². The Balaban J connectivity index is 1.77. The fourth-order valence-corrected chi connectivity index (χ4v) is 2.78. The Morgan fingerprint density at radius 3 is 2.82 bits per heavy atom. The molecular formula is C18H26N2O2. The van der Waals surface area contributed by atoms with Crippen molar-refractivity contribution in [1.29, 1.82) is 0 Å². The molecule has 1 N–H and O–H groups in total. The van der Waals surface area contributed by atoms with Gasteiger partial charge in [-0.2, -0.15) is 0 Å². The Morgan fingerprint density at radius 1 is 1.36 bits per heavy atom. The van der Waals surface area contributed by atoms with E-state index < -0.39 is 5.60 Å². The zero-order chi connectivity index (χ0) is 15.7. The monoisotopic (exact) mass is 302 g/mol. The molecule has 0 spiro atoms. The number of ether oxygens (including phenoxy) is 1. The van der Waals surface area contributed by atoms with E-state index in [0.717, 1.165) is 43.2 Å². The van der Waals surface area contributed by atoms with E-state index in [0.29, 0.717) is 0 Å². The average molecular weight is 302 g/mol. The van der Waals surface area contributed by atoms with Crippen molar-refractivity contribution in [2.24, 2.45) is 5.92 Å². The Hall–Kier alpha value is -1.71. The van der Waals surface area contributed by atoms with Crippen molar-refractivity contribution in [1.82, 2.24) is 0 Å². The van der Waals surface area contributed by atoms with Crippen LogP contribution in [0.25, 0.3) is 0 Å². The van der Waals surface area contributed by atoms with E-state index in [1.807, 2.05) is 20.8 Å². The summed E-state index contributed by atoms with van der Waals surface area (Å²) in [5.41, 5.74) is 2.87. The third kappa shape index (κ3) is 3.73. The van der Waals surface area contributed by atoms with E-state index in [1.54, 1.807) is 4.90 Å². The van der Waals surface area contributed by atoms with Gasteiger partial charge >= 0.3 is 6.09 Å². The van der Waals surface area contributed by atoms with Crippen molar-refractivity contribution in [3.8, 4) is 0 Å². The number of benzene rings is 1. The minimum atomic E-state index is -0.462. The third-order valence-electron chi connectivity index (χ3n) is 4.11. The number of rotatable bonds is 3. The summed E-state index contributed by atoms with van der Waals surface area (Å²) < 4.78 is 5.55. The van der Waals surface area contributed by atoms with Gasteiger partial charge in [0.15, 0.2) is 0 Å². The highest BCUT2D eigenvalue weighted by molar-refractivity contribution is 5.90. The predicted octanol–water partition coefficient (Wildman–Crippen LogP) is 4.20. The van der Waals surface area contributed by atoms with Crippen molar-refractivity contribution in [2.75, 3.05) is 23.3 Å². The van der Waals surface area contributed by atoms with Crippen molar-refractivity contribution in [3.05, 3.63) is 23.8 Å². The maximum atomic E-state index is 12.4. The van der Waals surface area contributed by atoms with E-state index in [9.17, 15) is 4.79 Å². The van der Waals surface area contributed by atoms with E-state index in [-0.39, 0.29) is 6.09 Å². The molecule has 0 bridgehead atoms. The first-order chi connectivity index (χ1) is 10.4. The zero-order valence-electron chi connectivity index (χ0n) is 13.8. The lowest BCUT2D eigenvalue weighted by Gasteiger charge is -2.32. The van der Waals surface area contributed by atoms with Crippen LogP contribution in [0, 0.1) is 5.92 Å². The first-order valence-corrected chi connectivity index (χ1v) is 8.30. The van der Waals surface area contributed by atoms with Gasteiger partial charge in [-0.25, -0.2) is 4.79 Å². The lowest BCUT2D eigenvalue weighted by Crippen LogP contribution is -2.39. The second kappa shape index (κ2) is 5.82. The number of amides is 1. The number of aryl methyl sites for hydroxylation is 1. The van der Waals surface area contributed by atoms with E-state index in [4.69, 9.17) is 4.74 Å². The Labute approximate surface area is 132 Å². The highest BCUT2D eigenvalue weighted by Gasteiger charge is 2.27. The van der Waals surface area contributed by atoms with Gasteiger partial charge in [-0.05, 0) is 70.1 Å². The topological polar surface area (TPSA) is 41.6 Å². The van der Waals surface area contributed by atoms with Crippen molar-refractivity contribution in [2.45, 2.75) is 52.1 Å². The molecule has 1 aliphatic heterocycles. The van der Waals surface area contributed by atoms with Crippen LogP contribution in [-0.2, 0) is 11.2 Å². The van der Waals surface area contributed by atoms with Crippen LogP contribution in [0.15, 0.2) is 18.2 Å². The van der Waals surface area contributed by atoms with Gasteiger partial charge < -0.3 is 10.1 Å². The number of hydrogen-bond donors (Lipinski definition) is 1. The summed E-state index contributed by atoms with van der Waals surface area (Å²) in [6, 6.07) is 6.36. The van der Waals surface area contributed by atoms with Crippen molar-refractivity contribution >= 4 is 17.5 Å². The highest BCUT2D eigenvalue weighted by atomic mass is 16.6. The van der Waals surface area contributed by atoms with Crippen LogP contribution in [0.1, 0.15) is 45.6 Å². The number of fused-ring (bicyclic) bond motifs is 1. The molecule has 1 aromatic rings. The van der Waals surface area contributed by atoms with Gasteiger partial charge in [-0.1, -0.05) is 6.07 Å². The third-order valence-corrected chi connectivity index (χ3v) is 4.11. The smallest absolute Gasteiger partial charge is 0.414 e. The molecule has 1 aromatic carbocycles. The molecule has 120 valence electrons. The van der Waals surface area contributed by atoms with Gasteiger partial charge in [0.25, 0.3) is 0 Å². The molecule has 0 radical (unpaired) electrons. The quantitative estimate of drug-likeness (QED) is 0.910. The summed E-state index contributed by atoms with van der Waals surface area (Å²) in [7, 11) is 0. The fraction of sp³-hybridized carbons (Fsp3) is 0.611. The minimum absolute atomic E-state index is 0.243. The maximum absolute atomic E-state index is 12.4. The van der Waals surface area contributed by atoms with Gasteiger partial charge in [0, 0.05) is 18.8 Å². The summed E-state index contributed by atoms with van der Waals surface area (Å²) in [6.45, 7) is 7.48. The summed E-state index contributed by atoms with van der Waals surface area (Å²) in [4.78, 5) is 14.2. The molecule has 0 aromatic heterocycles. The number of hydrogen-bond acceptors (Lipinski definition) is 3. The summed E-state index contributed by atoms with van der Waals surface area (Å²) in [5.74, 6) is 0.831. The Morgan fingerprint density at radius 2 is 2.14 bits per heavy atom. The number of nitrogens with one attached hydrogen (secondary N) is 1. The number of anilines is 2. The van der Waals surface area contributed by atoms with Crippen LogP contribution < -0.4 is 10.2 Å². The van der Waals surface area contributed by atoms with Crippen molar-refractivity contribution in [3.63, 3.8) is 0 Å². The van der Waals surface area contributed by atoms with Crippen molar-refractivity contribution < 1.29 is 9.53 Å². The molecule has 1 fully saturated rings. The zero-order valence-corrected chi connectivity index (χ0v) is 13.8. The molecule has 2 aliphatic rings.